The fraction of sp³-hybridized carbons (Fsp3) is 1.00. The van der Waals surface area contributed by atoms with Crippen molar-refractivity contribution in [3.05, 3.63) is 0 Å². The van der Waals surface area contributed by atoms with E-state index in [0.717, 1.165) is 0 Å². The molecule has 14 heavy (non-hydrogen) atoms. The van der Waals surface area contributed by atoms with Gasteiger partial charge in [0.1, 0.15) is 5.88 Å². The van der Waals surface area contributed by atoms with Gasteiger partial charge in [0.2, 0.25) is 0 Å². The van der Waals surface area contributed by atoms with Crippen molar-refractivity contribution in [2.24, 2.45) is 0 Å². The summed E-state index contributed by atoms with van der Waals surface area (Å²) in [7, 11) is -6.09. The fourth-order valence-corrected chi connectivity index (χ4v) is 1.45. The van der Waals surface area contributed by atoms with Crippen LogP contribution in [0.25, 0.3) is 0 Å². The van der Waals surface area contributed by atoms with Gasteiger partial charge in [-0.25, -0.2) is 8.42 Å². The van der Waals surface area contributed by atoms with Crippen LogP contribution in [-0.4, -0.2) is 36.7 Å². The maximum absolute atomic E-state index is 10.7. The van der Waals surface area contributed by atoms with Gasteiger partial charge in [0.25, 0.3) is 0 Å². The second-order valence-corrected chi connectivity index (χ2v) is 4.93. The Morgan fingerprint density at radius 2 is 1.86 bits per heavy atom. The van der Waals surface area contributed by atoms with Crippen LogP contribution >= 0.6 is 11.8 Å². The quantitative estimate of drug-likeness (QED) is 0.475. The summed E-state index contributed by atoms with van der Waals surface area (Å²) in [5, 5.41) is 2.36. The van der Waals surface area contributed by atoms with Crippen LogP contribution in [0.4, 0.5) is 13.2 Å². The number of thioether (sulfide) groups is 1. The summed E-state index contributed by atoms with van der Waals surface area (Å²) >= 11 is 2.04. The molecule has 0 amide bonds. The third-order valence-corrected chi connectivity index (χ3v) is 2.83. The van der Waals surface area contributed by atoms with Gasteiger partial charge in [-0.15, -0.1) is 11.8 Å². The lowest BCUT2D eigenvalue weighted by Crippen LogP contribution is -2.84. The number of rotatable bonds is 0. The normalized spacial score (nSPS) is 18.3. The van der Waals surface area contributed by atoms with Crippen LogP contribution < -0.4 is 5.32 Å². The highest BCUT2D eigenvalue weighted by Crippen LogP contribution is 2.20. The Balaban J connectivity index is 0.000000249. The van der Waals surface area contributed by atoms with E-state index in [4.69, 9.17) is 13.0 Å². The van der Waals surface area contributed by atoms with E-state index in [0.29, 0.717) is 0 Å². The molecular weight excluding hydrogens is 243 g/mol. The second kappa shape index (κ2) is 5.79. The summed E-state index contributed by atoms with van der Waals surface area (Å²) in [5.41, 5.74) is -5.65. The van der Waals surface area contributed by atoms with Crippen LogP contribution in [0.3, 0.4) is 0 Å². The molecule has 1 aliphatic heterocycles. The van der Waals surface area contributed by atoms with Crippen molar-refractivity contribution in [1.29, 1.82) is 0 Å². The lowest BCUT2D eigenvalue weighted by molar-refractivity contribution is -0.638. The van der Waals surface area contributed by atoms with E-state index in [-0.39, 0.29) is 0 Å². The zero-order valence-electron chi connectivity index (χ0n) is 7.08. The number of halogens is 3. The maximum atomic E-state index is 10.7. The largest absolute Gasteiger partial charge is 0.741 e. The molecule has 86 valence electrons. The van der Waals surface area contributed by atoms with Crippen LogP contribution in [0, 0.1) is 0 Å². The highest BCUT2D eigenvalue weighted by molar-refractivity contribution is 7.99. The molecule has 0 saturated carbocycles. The van der Waals surface area contributed by atoms with Crippen molar-refractivity contribution in [2.45, 2.75) is 11.9 Å². The molecule has 9 heteroatoms. The first kappa shape index (κ1) is 14.0. The van der Waals surface area contributed by atoms with E-state index in [1.807, 2.05) is 11.8 Å². The molecule has 1 aliphatic rings. The third-order valence-electron chi connectivity index (χ3n) is 1.22. The average Bonchev–Trinajstić information content (AvgIpc) is 2.05. The van der Waals surface area contributed by atoms with Gasteiger partial charge in [0, 0.05) is 12.2 Å². The van der Waals surface area contributed by atoms with Crippen molar-refractivity contribution < 1.29 is 31.5 Å². The Hall–Kier alpha value is 0.01000. The summed E-state index contributed by atoms with van der Waals surface area (Å²) in [6.45, 7) is 1.35. The lowest BCUT2D eigenvalue weighted by Gasteiger charge is -2.08. The van der Waals surface area contributed by atoms with E-state index in [1.54, 1.807) is 0 Å². The minimum Gasteiger partial charge on any atom is -0.741 e. The topological polar surface area (TPSA) is 73.8 Å². The predicted molar refractivity (Wildman–Crippen MR) is 44.5 cm³/mol. The van der Waals surface area contributed by atoms with Crippen LogP contribution in [0.2, 0.25) is 0 Å². The first-order valence-electron chi connectivity index (χ1n) is 3.66. The Morgan fingerprint density at radius 1 is 1.36 bits per heavy atom. The molecule has 4 nitrogen and oxygen atoms in total. The molecule has 1 heterocycles. The van der Waals surface area contributed by atoms with Gasteiger partial charge in [-0.3, -0.25) is 0 Å². The van der Waals surface area contributed by atoms with Gasteiger partial charge in [0.15, 0.2) is 10.1 Å². The highest BCUT2D eigenvalue weighted by atomic mass is 32.2. The Morgan fingerprint density at radius 3 is 1.93 bits per heavy atom. The molecule has 0 unspecified atom stereocenters. The van der Waals surface area contributed by atoms with Crippen LogP contribution in [0.1, 0.15) is 6.42 Å². The van der Waals surface area contributed by atoms with E-state index in [9.17, 15) is 13.2 Å². The molecule has 0 aromatic carbocycles. The van der Waals surface area contributed by atoms with Crippen LogP contribution in [0.15, 0.2) is 0 Å². The van der Waals surface area contributed by atoms with Gasteiger partial charge in [-0.1, -0.05) is 0 Å². The van der Waals surface area contributed by atoms with Crippen LogP contribution in [0.5, 0.6) is 0 Å². The fourth-order valence-electron chi connectivity index (χ4n) is 0.580. The molecule has 0 atom stereocenters. The predicted octanol–water partition coefficient (Wildman–Crippen LogP) is -0.304. The summed E-state index contributed by atoms with van der Waals surface area (Å²) in [6.07, 6.45) is 1.41. The number of alkyl halides is 3. The van der Waals surface area contributed by atoms with Gasteiger partial charge >= 0.3 is 5.51 Å². The van der Waals surface area contributed by atoms with Gasteiger partial charge in [0.05, 0.1) is 6.54 Å². The maximum Gasteiger partial charge on any atom is 0.485 e. The average molecular weight is 253 g/mol. The molecule has 1 rings (SSSR count). The van der Waals surface area contributed by atoms with Crippen LogP contribution in [-0.2, 0) is 10.1 Å². The monoisotopic (exact) mass is 253 g/mol. The van der Waals surface area contributed by atoms with E-state index < -0.39 is 15.6 Å². The molecule has 0 aliphatic carbocycles. The molecule has 1 fully saturated rings. The summed E-state index contributed by atoms with van der Waals surface area (Å²) < 4.78 is 58.9. The molecular formula is C5H10F3NO3S2. The molecule has 0 radical (unpaired) electrons. The second-order valence-electron chi connectivity index (χ2n) is 2.41. The first-order chi connectivity index (χ1) is 6.25. The SMILES string of the molecule is C1C[NH2+]CSC1.O=S(=O)([O-])C(F)(F)F. The summed E-state index contributed by atoms with van der Waals surface area (Å²) in [4.78, 5) is 0. The Labute approximate surface area is 84.0 Å². The summed E-state index contributed by atoms with van der Waals surface area (Å²) in [6, 6.07) is 0. The van der Waals surface area contributed by atoms with E-state index in [2.05, 4.69) is 5.32 Å². The van der Waals surface area contributed by atoms with Crippen molar-refractivity contribution in [1.82, 2.24) is 0 Å². The molecule has 0 bridgehead atoms. The number of quaternary nitrogens is 1. The minimum atomic E-state index is -6.09. The lowest BCUT2D eigenvalue weighted by atomic mass is 10.5. The first-order valence-corrected chi connectivity index (χ1v) is 6.23. The van der Waals surface area contributed by atoms with E-state index >= 15 is 0 Å². The Bertz CT molecular complexity index is 236. The van der Waals surface area contributed by atoms with Crippen molar-refractivity contribution in [3.8, 4) is 0 Å². The number of hydrogen-bond acceptors (Lipinski definition) is 4. The zero-order chi connectivity index (χ0) is 11.2. The smallest absolute Gasteiger partial charge is 0.485 e. The van der Waals surface area contributed by atoms with E-state index in [1.165, 1.54) is 24.6 Å². The highest BCUT2D eigenvalue weighted by Gasteiger charge is 2.36. The minimum absolute atomic E-state index is 1.29. The summed E-state index contributed by atoms with van der Waals surface area (Å²) in [5.74, 6) is 2.68. The Kier molecular flexibility index (Phi) is 5.79. The molecule has 0 spiro atoms. The van der Waals surface area contributed by atoms with Crippen molar-refractivity contribution in [2.75, 3.05) is 18.2 Å². The number of nitrogens with two attached hydrogens (primary N) is 1. The molecule has 1 saturated heterocycles. The van der Waals surface area contributed by atoms with Gasteiger partial charge in [-0.05, 0) is 0 Å². The van der Waals surface area contributed by atoms with Gasteiger partial charge in [-0.2, -0.15) is 13.2 Å². The molecule has 2 N–H and O–H groups in total. The van der Waals surface area contributed by atoms with Gasteiger partial charge < -0.3 is 9.87 Å². The third kappa shape index (κ3) is 6.46. The number of hydrogen-bond donors (Lipinski definition) is 1. The zero-order valence-corrected chi connectivity index (χ0v) is 8.71. The molecule has 0 aromatic heterocycles. The van der Waals surface area contributed by atoms with Crippen molar-refractivity contribution in [3.63, 3.8) is 0 Å². The standard InChI is InChI=1S/C4H9NS.CHF3O3S/c1-2-5-4-6-3-1;2-1(3,4)8(5,6)7/h5H,1-4H2;(H,5,6,7). The molecule has 0 aromatic rings. The van der Waals surface area contributed by atoms with Crippen molar-refractivity contribution >= 4 is 21.9 Å².